The molecule has 1 heterocycles. The third kappa shape index (κ3) is 1.91. The fourth-order valence-corrected chi connectivity index (χ4v) is 1.14. The van der Waals surface area contributed by atoms with Gasteiger partial charge in [-0.3, -0.25) is 4.79 Å². The second kappa shape index (κ2) is 3.35. The van der Waals surface area contributed by atoms with Crippen LogP contribution in [0.1, 0.15) is 12.8 Å². The van der Waals surface area contributed by atoms with Crippen molar-refractivity contribution < 1.29 is 9.53 Å². The maximum atomic E-state index is 11.0. The van der Waals surface area contributed by atoms with Crippen molar-refractivity contribution in [2.45, 2.75) is 24.6 Å². The summed E-state index contributed by atoms with van der Waals surface area (Å²) < 4.78 is 5.26. The van der Waals surface area contributed by atoms with Crippen molar-refractivity contribution >= 4 is 5.78 Å². The van der Waals surface area contributed by atoms with Crippen LogP contribution in [0.2, 0.25) is 0 Å². The maximum Gasteiger partial charge on any atom is 0.137 e. The van der Waals surface area contributed by atoms with Gasteiger partial charge >= 0.3 is 0 Å². The second-order valence-electron chi connectivity index (χ2n) is 3.06. The Labute approximate surface area is 71.6 Å². The third-order valence-electron chi connectivity index (χ3n) is 2.02. The van der Waals surface area contributed by atoms with Gasteiger partial charge in [-0.2, -0.15) is 0 Å². The predicted molar refractivity (Wildman–Crippen MR) is 45.3 cm³/mol. The summed E-state index contributed by atoms with van der Waals surface area (Å²) in [4.78, 5) is 11.0. The number of ether oxygens (including phenoxy) is 1. The van der Waals surface area contributed by atoms with Crippen molar-refractivity contribution in [3.63, 3.8) is 0 Å². The molecule has 68 valence electrons. The van der Waals surface area contributed by atoms with Crippen LogP contribution >= 0.6 is 0 Å². The highest BCUT2D eigenvalue weighted by atomic mass is 16.5. The van der Waals surface area contributed by atoms with E-state index in [1.807, 2.05) is 0 Å². The van der Waals surface area contributed by atoms with Gasteiger partial charge in [-0.1, -0.05) is 12.7 Å². The Morgan fingerprint density at radius 1 is 1.67 bits per heavy atom. The molecule has 4 heteroatoms. The lowest BCUT2D eigenvalue weighted by Gasteiger charge is -2.33. The summed E-state index contributed by atoms with van der Waals surface area (Å²) in [7, 11) is 0. The fourth-order valence-electron chi connectivity index (χ4n) is 1.14. The monoisotopic (exact) mass is 170 g/mol. The summed E-state index contributed by atoms with van der Waals surface area (Å²) in [6.07, 6.45) is 1.75. The van der Waals surface area contributed by atoms with Crippen LogP contribution in [-0.2, 0) is 9.53 Å². The van der Waals surface area contributed by atoms with E-state index in [0.717, 1.165) is 0 Å². The molecule has 0 aromatic rings. The number of hydrogen-bond acceptors (Lipinski definition) is 4. The Bertz CT molecular complexity index is 201. The zero-order valence-corrected chi connectivity index (χ0v) is 6.95. The van der Waals surface area contributed by atoms with Crippen molar-refractivity contribution in [2.24, 2.45) is 11.5 Å². The van der Waals surface area contributed by atoms with Crippen LogP contribution in [0, 0.1) is 0 Å². The molecular formula is C8H14N2O2. The number of carbonyl (C=O) groups is 1. The number of carbonyl (C=O) groups excluding carboxylic acids is 1. The summed E-state index contributed by atoms with van der Waals surface area (Å²) in [5.41, 5.74) is 10.2. The SMILES string of the molecule is C=CC(N)(N)C1CC(=O)CCO1. The molecule has 1 aliphatic rings. The standard InChI is InChI=1S/C8H14N2O2/c1-2-8(9,10)7-5-6(11)3-4-12-7/h2,7H,1,3-5,9-10H2. The molecule has 1 atom stereocenters. The number of nitrogens with two attached hydrogens (primary N) is 2. The average molecular weight is 170 g/mol. The van der Waals surface area contributed by atoms with Gasteiger partial charge in [-0.05, 0) is 0 Å². The Kier molecular flexibility index (Phi) is 2.62. The van der Waals surface area contributed by atoms with Gasteiger partial charge in [0.05, 0.1) is 12.7 Å². The third-order valence-corrected chi connectivity index (χ3v) is 2.02. The number of rotatable bonds is 2. The summed E-state index contributed by atoms with van der Waals surface area (Å²) in [5, 5.41) is 0. The van der Waals surface area contributed by atoms with E-state index in [0.29, 0.717) is 19.4 Å². The molecule has 0 saturated carbocycles. The molecule has 0 radical (unpaired) electrons. The van der Waals surface area contributed by atoms with E-state index in [2.05, 4.69) is 6.58 Å². The molecule has 0 bridgehead atoms. The molecule has 1 saturated heterocycles. The topological polar surface area (TPSA) is 78.3 Å². The smallest absolute Gasteiger partial charge is 0.137 e. The molecular weight excluding hydrogens is 156 g/mol. The van der Waals surface area contributed by atoms with Gasteiger partial charge < -0.3 is 16.2 Å². The first-order valence-electron chi connectivity index (χ1n) is 3.91. The molecule has 0 aliphatic carbocycles. The molecule has 1 unspecified atom stereocenters. The summed E-state index contributed by atoms with van der Waals surface area (Å²) in [6, 6.07) is 0. The van der Waals surface area contributed by atoms with E-state index in [1.54, 1.807) is 0 Å². The first-order chi connectivity index (χ1) is 5.56. The van der Waals surface area contributed by atoms with E-state index in [-0.39, 0.29) is 5.78 Å². The lowest BCUT2D eigenvalue weighted by atomic mass is 9.97. The van der Waals surface area contributed by atoms with Crippen molar-refractivity contribution in [3.8, 4) is 0 Å². The normalized spacial score (nSPS) is 25.5. The summed E-state index contributed by atoms with van der Waals surface area (Å²) in [6.45, 7) is 3.90. The van der Waals surface area contributed by atoms with Gasteiger partial charge in [-0.25, -0.2) is 0 Å². The summed E-state index contributed by atoms with van der Waals surface area (Å²) >= 11 is 0. The Morgan fingerprint density at radius 2 is 2.33 bits per heavy atom. The molecule has 1 aliphatic heterocycles. The molecule has 1 fully saturated rings. The van der Waals surface area contributed by atoms with Crippen molar-refractivity contribution in [1.29, 1.82) is 0 Å². The quantitative estimate of drug-likeness (QED) is 0.434. The van der Waals surface area contributed by atoms with Crippen molar-refractivity contribution in [3.05, 3.63) is 12.7 Å². The van der Waals surface area contributed by atoms with Crippen LogP contribution in [0.15, 0.2) is 12.7 Å². The minimum absolute atomic E-state index is 0.147. The highest BCUT2D eigenvalue weighted by Gasteiger charge is 2.33. The Morgan fingerprint density at radius 3 is 2.83 bits per heavy atom. The lowest BCUT2D eigenvalue weighted by molar-refractivity contribution is -0.130. The first-order valence-corrected chi connectivity index (χ1v) is 3.91. The van der Waals surface area contributed by atoms with Gasteiger partial charge in [0, 0.05) is 12.8 Å². The molecule has 0 aromatic heterocycles. The van der Waals surface area contributed by atoms with Crippen LogP contribution in [0.3, 0.4) is 0 Å². The van der Waals surface area contributed by atoms with Gasteiger partial charge in [0.1, 0.15) is 11.4 Å². The maximum absolute atomic E-state index is 11.0. The van der Waals surface area contributed by atoms with E-state index >= 15 is 0 Å². The van der Waals surface area contributed by atoms with Gasteiger partial charge in [0.15, 0.2) is 0 Å². The Balaban J connectivity index is 2.62. The molecule has 4 nitrogen and oxygen atoms in total. The van der Waals surface area contributed by atoms with Crippen LogP contribution in [0.5, 0.6) is 0 Å². The molecule has 4 N–H and O–H groups in total. The van der Waals surface area contributed by atoms with Gasteiger partial charge in [-0.15, -0.1) is 0 Å². The number of ketones is 1. The van der Waals surface area contributed by atoms with Gasteiger partial charge in [0.2, 0.25) is 0 Å². The molecule has 0 aromatic carbocycles. The average Bonchev–Trinajstić information content (AvgIpc) is 2.05. The largest absolute Gasteiger partial charge is 0.374 e. The molecule has 0 amide bonds. The van der Waals surface area contributed by atoms with E-state index < -0.39 is 11.8 Å². The van der Waals surface area contributed by atoms with E-state index in [1.165, 1.54) is 6.08 Å². The molecule has 12 heavy (non-hydrogen) atoms. The highest BCUT2D eigenvalue weighted by molar-refractivity contribution is 5.79. The lowest BCUT2D eigenvalue weighted by Crippen LogP contribution is -2.59. The zero-order chi connectivity index (χ0) is 9.19. The minimum atomic E-state index is -1.09. The molecule has 0 spiro atoms. The van der Waals surface area contributed by atoms with E-state index in [9.17, 15) is 4.79 Å². The minimum Gasteiger partial charge on any atom is -0.374 e. The van der Waals surface area contributed by atoms with Crippen molar-refractivity contribution in [2.75, 3.05) is 6.61 Å². The van der Waals surface area contributed by atoms with Crippen molar-refractivity contribution in [1.82, 2.24) is 0 Å². The first kappa shape index (κ1) is 9.38. The summed E-state index contributed by atoms with van der Waals surface area (Å²) in [5.74, 6) is 0.147. The van der Waals surface area contributed by atoms with E-state index in [4.69, 9.17) is 16.2 Å². The Hall–Kier alpha value is -0.710. The van der Waals surface area contributed by atoms with Crippen LogP contribution < -0.4 is 11.5 Å². The van der Waals surface area contributed by atoms with Gasteiger partial charge in [0.25, 0.3) is 0 Å². The number of hydrogen-bond donors (Lipinski definition) is 2. The molecule has 1 rings (SSSR count). The van der Waals surface area contributed by atoms with Crippen LogP contribution in [-0.4, -0.2) is 24.2 Å². The second-order valence-corrected chi connectivity index (χ2v) is 3.06. The number of Topliss-reactive ketones (excluding diaryl/α,β-unsaturated/α-hetero) is 1. The predicted octanol–water partition coefficient (Wildman–Crippen LogP) is -0.466. The fraction of sp³-hybridized carbons (Fsp3) is 0.625. The van der Waals surface area contributed by atoms with Crippen LogP contribution in [0.25, 0.3) is 0 Å². The zero-order valence-electron chi connectivity index (χ0n) is 6.95. The van der Waals surface area contributed by atoms with Crippen LogP contribution in [0.4, 0.5) is 0 Å². The highest BCUT2D eigenvalue weighted by Crippen LogP contribution is 2.16.